The minimum Gasteiger partial charge on any atom is -0.481 e. The molecule has 1 saturated carbocycles. The Kier molecular flexibility index (Phi) is 6.39. The summed E-state index contributed by atoms with van der Waals surface area (Å²) in [6.07, 6.45) is 2.18. The van der Waals surface area contributed by atoms with Crippen LogP contribution in [0.1, 0.15) is 36.8 Å². The van der Waals surface area contributed by atoms with Crippen LogP contribution < -0.4 is 5.32 Å². The van der Waals surface area contributed by atoms with E-state index in [-0.39, 0.29) is 17.3 Å². The Hall–Kier alpha value is -3.53. The summed E-state index contributed by atoms with van der Waals surface area (Å²) in [6.45, 7) is 0. The first kappa shape index (κ1) is 25.1. The van der Waals surface area contributed by atoms with Gasteiger partial charge in [-0.1, -0.05) is 48.1 Å². The number of nitrogens with one attached hydrogen (secondary N) is 1. The van der Waals surface area contributed by atoms with Gasteiger partial charge in [0.05, 0.1) is 21.7 Å². The van der Waals surface area contributed by atoms with Crippen molar-refractivity contribution in [3.63, 3.8) is 0 Å². The monoisotopic (exact) mass is 530 g/mol. The number of Topliss-reactive ketones (excluding diaryl/α,β-unsaturated/α-hetero) is 1. The van der Waals surface area contributed by atoms with E-state index in [1.54, 1.807) is 30.4 Å². The zero-order valence-electron chi connectivity index (χ0n) is 19.4. The van der Waals surface area contributed by atoms with E-state index in [2.05, 4.69) is 10.3 Å². The maximum Gasteiger partial charge on any atom is 0.416 e. The quantitative estimate of drug-likeness (QED) is 0.346. The van der Waals surface area contributed by atoms with E-state index in [9.17, 15) is 32.3 Å². The van der Waals surface area contributed by atoms with Crippen molar-refractivity contribution >= 4 is 44.0 Å². The van der Waals surface area contributed by atoms with Gasteiger partial charge in [-0.05, 0) is 54.3 Å². The number of thiazole rings is 1. The number of ketones is 1. The fraction of sp³-hybridized carbons (Fsp3) is 0.296. The van der Waals surface area contributed by atoms with Crippen LogP contribution in [0, 0.1) is 17.7 Å². The zero-order valence-corrected chi connectivity index (χ0v) is 20.2. The van der Waals surface area contributed by atoms with Crippen LogP contribution in [0.2, 0.25) is 0 Å². The first-order valence-corrected chi connectivity index (χ1v) is 12.6. The first-order chi connectivity index (χ1) is 17.6. The molecule has 5 nitrogen and oxygen atoms in total. The van der Waals surface area contributed by atoms with Gasteiger partial charge >= 0.3 is 12.1 Å². The van der Waals surface area contributed by atoms with E-state index in [0.29, 0.717) is 40.6 Å². The number of nitrogens with zero attached hydrogens (tertiary/aromatic N) is 1. The predicted molar refractivity (Wildman–Crippen MR) is 133 cm³/mol. The summed E-state index contributed by atoms with van der Waals surface area (Å²) >= 11 is 0.991. The number of alkyl halides is 3. The average Bonchev–Trinajstić information content (AvgIpc) is 3.50. The van der Waals surface area contributed by atoms with E-state index < -0.39 is 40.9 Å². The molecule has 0 saturated heterocycles. The van der Waals surface area contributed by atoms with Crippen LogP contribution in [0.25, 0.3) is 15.8 Å². The molecule has 0 amide bonds. The highest BCUT2D eigenvalue weighted by Crippen LogP contribution is 2.41. The molecule has 1 heterocycles. The SMILES string of the molecule is O=C(O)[C@@H]1CCC[C@H]1C(=O)C1(Nc2nc3ccc(C(F)(F)F)cc3s2)C=CC(c2cccc(F)c2)=CC1. The topological polar surface area (TPSA) is 79.3 Å². The van der Waals surface area contributed by atoms with Crippen LogP contribution in [0.15, 0.2) is 60.7 Å². The Bertz CT molecular complexity index is 1440. The summed E-state index contributed by atoms with van der Waals surface area (Å²) < 4.78 is 53.6. The molecule has 0 radical (unpaired) electrons. The van der Waals surface area contributed by atoms with Crippen molar-refractivity contribution in [2.45, 2.75) is 37.4 Å². The Morgan fingerprint density at radius 1 is 1.11 bits per heavy atom. The van der Waals surface area contributed by atoms with Crippen molar-refractivity contribution < 1.29 is 32.3 Å². The summed E-state index contributed by atoms with van der Waals surface area (Å²) in [6, 6.07) is 9.28. The Morgan fingerprint density at radius 3 is 2.57 bits per heavy atom. The molecule has 10 heteroatoms. The number of benzene rings is 2. The van der Waals surface area contributed by atoms with Gasteiger partial charge in [0.25, 0.3) is 0 Å². The van der Waals surface area contributed by atoms with E-state index in [0.717, 1.165) is 23.5 Å². The van der Waals surface area contributed by atoms with Crippen LogP contribution >= 0.6 is 11.3 Å². The van der Waals surface area contributed by atoms with E-state index >= 15 is 0 Å². The lowest BCUT2D eigenvalue weighted by Crippen LogP contribution is -2.49. The van der Waals surface area contributed by atoms with Crippen LogP contribution in [-0.2, 0) is 15.8 Å². The second-order valence-corrected chi connectivity index (χ2v) is 10.4. The Balaban J connectivity index is 1.51. The van der Waals surface area contributed by atoms with Gasteiger partial charge in [0.15, 0.2) is 10.9 Å². The molecule has 1 fully saturated rings. The molecule has 2 aliphatic carbocycles. The second kappa shape index (κ2) is 9.41. The summed E-state index contributed by atoms with van der Waals surface area (Å²) in [5.41, 5.74) is -0.466. The highest BCUT2D eigenvalue weighted by atomic mass is 32.1. The van der Waals surface area contributed by atoms with Crippen molar-refractivity contribution in [1.82, 2.24) is 4.98 Å². The van der Waals surface area contributed by atoms with Gasteiger partial charge in [-0.3, -0.25) is 9.59 Å². The maximum atomic E-state index is 13.9. The van der Waals surface area contributed by atoms with Crippen molar-refractivity contribution in [3.05, 3.63) is 77.6 Å². The second-order valence-electron chi connectivity index (χ2n) is 9.35. The number of hydrogen-bond donors (Lipinski definition) is 2. The van der Waals surface area contributed by atoms with Gasteiger partial charge in [-0.25, -0.2) is 9.37 Å². The number of carbonyl (C=O) groups is 2. The van der Waals surface area contributed by atoms with Gasteiger partial charge in [0, 0.05) is 12.3 Å². The first-order valence-electron chi connectivity index (χ1n) is 11.7. The van der Waals surface area contributed by atoms with E-state index in [1.165, 1.54) is 18.2 Å². The summed E-state index contributed by atoms with van der Waals surface area (Å²) in [5, 5.41) is 13.1. The number of rotatable bonds is 6. The summed E-state index contributed by atoms with van der Waals surface area (Å²) in [7, 11) is 0. The highest BCUT2D eigenvalue weighted by molar-refractivity contribution is 7.22. The fourth-order valence-corrected chi connectivity index (χ4v) is 6.09. The lowest BCUT2D eigenvalue weighted by molar-refractivity contribution is -0.146. The third kappa shape index (κ3) is 4.90. The number of fused-ring (bicyclic) bond motifs is 1. The molecule has 1 unspecified atom stereocenters. The number of allylic oxidation sites excluding steroid dienone is 2. The zero-order chi connectivity index (χ0) is 26.4. The fourth-order valence-electron chi connectivity index (χ4n) is 5.10. The van der Waals surface area contributed by atoms with Crippen molar-refractivity contribution in [3.8, 4) is 0 Å². The van der Waals surface area contributed by atoms with Crippen LogP contribution in [-0.4, -0.2) is 27.4 Å². The molecule has 3 atom stereocenters. The molecule has 192 valence electrons. The Morgan fingerprint density at radius 2 is 1.89 bits per heavy atom. The number of hydrogen-bond acceptors (Lipinski definition) is 5. The molecule has 5 rings (SSSR count). The van der Waals surface area contributed by atoms with Crippen molar-refractivity contribution in [1.29, 1.82) is 0 Å². The number of aliphatic carboxylic acids is 1. The lowest BCUT2D eigenvalue weighted by Gasteiger charge is -2.35. The molecule has 1 aromatic heterocycles. The number of halogens is 4. The largest absolute Gasteiger partial charge is 0.481 e. The van der Waals surface area contributed by atoms with Crippen LogP contribution in [0.4, 0.5) is 22.7 Å². The van der Waals surface area contributed by atoms with E-state index in [1.807, 2.05) is 0 Å². The van der Waals surface area contributed by atoms with Crippen molar-refractivity contribution in [2.24, 2.45) is 11.8 Å². The number of carboxylic acids is 1. The molecule has 2 aliphatic rings. The van der Waals surface area contributed by atoms with E-state index in [4.69, 9.17) is 0 Å². The number of aromatic nitrogens is 1. The Labute approximate surface area is 213 Å². The van der Waals surface area contributed by atoms with Gasteiger partial charge in [-0.2, -0.15) is 13.2 Å². The van der Waals surface area contributed by atoms with Gasteiger partial charge in [0.2, 0.25) is 0 Å². The molecule has 0 spiro atoms. The minimum atomic E-state index is -4.50. The molecule has 0 bridgehead atoms. The lowest BCUT2D eigenvalue weighted by atomic mass is 9.76. The normalized spacial score (nSPS) is 23.7. The average molecular weight is 531 g/mol. The summed E-state index contributed by atoms with van der Waals surface area (Å²) in [5.74, 6) is -3.26. The van der Waals surface area contributed by atoms with Crippen molar-refractivity contribution in [2.75, 3.05) is 5.32 Å². The van der Waals surface area contributed by atoms with Gasteiger partial charge in [0.1, 0.15) is 11.4 Å². The molecule has 37 heavy (non-hydrogen) atoms. The molecular weight excluding hydrogens is 508 g/mol. The smallest absolute Gasteiger partial charge is 0.416 e. The van der Waals surface area contributed by atoms with Gasteiger partial charge < -0.3 is 10.4 Å². The number of carboxylic acid groups (broad SMARTS) is 1. The highest BCUT2D eigenvalue weighted by Gasteiger charge is 2.47. The standard InChI is InChI=1S/C27H22F4N2O3S/c28-18-4-1-3-16(13-18)15-9-11-26(12-10-15,23(34)19-5-2-6-20(19)24(35)36)33-25-32-21-8-7-17(27(29,30)31)14-22(21)37-25/h1,3-4,7-11,13-14,19-20H,2,5-6,12H2,(H,32,33)(H,35,36)/t19-,20-,26?/m1/s1. The molecule has 3 aromatic rings. The predicted octanol–water partition coefficient (Wildman–Crippen LogP) is 6.72. The maximum absolute atomic E-state index is 13.9. The molecule has 2 N–H and O–H groups in total. The number of anilines is 1. The number of carbonyl (C=O) groups excluding carboxylic acids is 1. The molecular formula is C27H22F4N2O3S. The van der Waals surface area contributed by atoms with Gasteiger partial charge in [-0.15, -0.1) is 0 Å². The van der Waals surface area contributed by atoms with Crippen LogP contribution in [0.3, 0.4) is 0 Å². The van der Waals surface area contributed by atoms with Crippen LogP contribution in [0.5, 0.6) is 0 Å². The molecule has 0 aliphatic heterocycles. The third-order valence-corrected chi connectivity index (χ3v) is 7.94. The third-order valence-electron chi connectivity index (χ3n) is 7.00. The molecule has 2 aromatic carbocycles. The summed E-state index contributed by atoms with van der Waals surface area (Å²) in [4.78, 5) is 30.1. The minimum absolute atomic E-state index is 0.140.